The summed E-state index contributed by atoms with van der Waals surface area (Å²) in [6, 6.07) is 0. The normalized spacial score (nSPS) is 31.1. The van der Waals surface area contributed by atoms with Gasteiger partial charge < -0.3 is 9.84 Å². The summed E-state index contributed by atoms with van der Waals surface area (Å²) in [6.07, 6.45) is 10.8. The molecule has 0 spiro atoms. The third-order valence-electron chi connectivity index (χ3n) is 5.34. The van der Waals surface area contributed by atoms with Crippen LogP contribution in [0.15, 0.2) is 0 Å². The molecule has 3 heteroatoms. The summed E-state index contributed by atoms with van der Waals surface area (Å²) in [5, 5.41) is 9.16. The van der Waals surface area contributed by atoms with Crippen LogP contribution in [0.4, 0.5) is 0 Å². The van der Waals surface area contributed by atoms with Crippen LogP contribution < -0.4 is 0 Å². The highest BCUT2D eigenvalue weighted by Crippen LogP contribution is 2.58. The van der Waals surface area contributed by atoms with E-state index < -0.39 is 0 Å². The SMILES string of the molecule is CCCC(CO)OCCCCCC1(C)CCC1(S)CC. The molecule has 20 heavy (non-hydrogen) atoms. The van der Waals surface area contributed by atoms with E-state index in [2.05, 4.69) is 20.8 Å². The van der Waals surface area contributed by atoms with Gasteiger partial charge in [-0.1, -0.05) is 40.0 Å². The second kappa shape index (κ2) is 8.65. The maximum absolute atomic E-state index is 9.16. The Morgan fingerprint density at radius 2 is 1.95 bits per heavy atom. The molecule has 120 valence electrons. The first-order valence-corrected chi connectivity index (χ1v) is 8.91. The molecular formula is C17H34O2S. The van der Waals surface area contributed by atoms with Crippen LogP contribution in [0.2, 0.25) is 0 Å². The van der Waals surface area contributed by atoms with Gasteiger partial charge in [0.1, 0.15) is 0 Å². The molecule has 3 atom stereocenters. The monoisotopic (exact) mass is 302 g/mol. The summed E-state index contributed by atoms with van der Waals surface area (Å²) in [6.45, 7) is 7.75. The molecule has 1 fully saturated rings. The summed E-state index contributed by atoms with van der Waals surface area (Å²) >= 11 is 4.91. The topological polar surface area (TPSA) is 29.5 Å². The van der Waals surface area contributed by atoms with Crippen LogP contribution in [0.25, 0.3) is 0 Å². The van der Waals surface area contributed by atoms with Crippen molar-refractivity contribution < 1.29 is 9.84 Å². The van der Waals surface area contributed by atoms with Crippen LogP contribution >= 0.6 is 12.6 Å². The number of ether oxygens (including phenoxy) is 1. The standard InChI is InChI=1S/C17H34O2S/c1-4-9-15(14-18)19-13-8-6-7-10-16(3)11-12-17(16,20)5-2/h15,18,20H,4-14H2,1-3H3. The van der Waals surface area contributed by atoms with Gasteiger partial charge in [-0.3, -0.25) is 0 Å². The minimum Gasteiger partial charge on any atom is -0.394 e. The van der Waals surface area contributed by atoms with Crippen molar-refractivity contribution in [2.45, 2.75) is 89.4 Å². The second-order valence-electron chi connectivity index (χ2n) is 6.72. The zero-order valence-corrected chi connectivity index (χ0v) is 14.6. The maximum atomic E-state index is 9.16. The van der Waals surface area contributed by atoms with Crippen molar-refractivity contribution in [1.82, 2.24) is 0 Å². The van der Waals surface area contributed by atoms with E-state index >= 15 is 0 Å². The number of aliphatic hydroxyl groups excluding tert-OH is 1. The lowest BCUT2D eigenvalue weighted by Crippen LogP contribution is -2.50. The molecule has 0 aromatic carbocycles. The van der Waals surface area contributed by atoms with E-state index in [-0.39, 0.29) is 17.5 Å². The molecule has 1 saturated carbocycles. The minimum absolute atomic E-state index is 0.0503. The molecule has 0 bridgehead atoms. The Morgan fingerprint density at radius 1 is 1.20 bits per heavy atom. The van der Waals surface area contributed by atoms with Crippen LogP contribution in [-0.4, -0.2) is 29.2 Å². The van der Waals surface area contributed by atoms with Crippen molar-refractivity contribution >= 4 is 12.6 Å². The smallest absolute Gasteiger partial charge is 0.0805 e. The molecule has 2 nitrogen and oxygen atoms in total. The van der Waals surface area contributed by atoms with Crippen molar-refractivity contribution in [3.63, 3.8) is 0 Å². The van der Waals surface area contributed by atoms with Gasteiger partial charge in [0.05, 0.1) is 12.7 Å². The number of hydrogen-bond donors (Lipinski definition) is 2. The summed E-state index contributed by atoms with van der Waals surface area (Å²) < 4.78 is 5.99. The Hall–Kier alpha value is 0.270. The number of aliphatic hydroxyl groups is 1. The molecule has 1 rings (SSSR count). The third kappa shape index (κ3) is 4.64. The Morgan fingerprint density at radius 3 is 2.45 bits per heavy atom. The van der Waals surface area contributed by atoms with E-state index in [0.717, 1.165) is 25.9 Å². The lowest BCUT2D eigenvalue weighted by molar-refractivity contribution is 0.00514. The van der Waals surface area contributed by atoms with Gasteiger partial charge in [0.25, 0.3) is 0 Å². The molecule has 0 saturated heterocycles. The van der Waals surface area contributed by atoms with Gasteiger partial charge in [-0.25, -0.2) is 0 Å². The molecule has 1 aliphatic carbocycles. The van der Waals surface area contributed by atoms with Crippen molar-refractivity contribution in [2.24, 2.45) is 5.41 Å². The van der Waals surface area contributed by atoms with Crippen LogP contribution in [-0.2, 0) is 4.74 Å². The van der Waals surface area contributed by atoms with Crippen molar-refractivity contribution in [1.29, 1.82) is 0 Å². The molecule has 0 aromatic heterocycles. The molecule has 0 aliphatic heterocycles. The van der Waals surface area contributed by atoms with Crippen molar-refractivity contribution in [3.8, 4) is 0 Å². The molecule has 0 amide bonds. The number of hydrogen-bond acceptors (Lipinski definition) is 3. The molecule has 0 heterocycles. The van der Waals surface area contributed by atoms with E-state index in [1.165, 1.54) is 38.5 Å². The van der Waals surface area contributed by atoms with Crippen LogP contribution in [0.3, 0.4) is 0 Å². The van der Waals surface area contributed by atoms with Gasteiger partial charge in [0.2, 0.25) is 0 Å². The van der Waals surface area contributed by atoms with Gasteiger partial charge in [0, 0.05) is 11.4 Å². The maximum Gasteiger partial charge on any atom is 0.0805 e. The molecule has 3 unspecified atom stereocenters. The average Bonchev–Trinajstić information content (AvgIpc) is 2.47. The Kier molecular flexibility index (Phi) is 7.92. The first-order valence-electron chi connectivity index (χ1n) is 8.46. The van der Waals surface area contributed by atoms with Gasteiger partial charge in [-0.05, 0) is 43.9 Å². The van der Waals surface area contributed by atoms with E-state index in [1.807, 2.05) is 0 Å². The average molecular weight is 303 g/mol. The Balaban J connectivity index is 2.08. The van der Waals surface area contributed by atoms with Gasteiger partial charge in [-0.2, -0.15) is 12.6 Å². The number of thiol groups is 1. The molecule has 1 aliphatic rings. The summed E-state index contributed by atoms with van der Waals surface area (Å²) in [4.78, 5) is 0. The van der Waals surface area contributed by atoms with Crippen LogP contribution in [0, 0.1) is 5.41 Å². The molecular weight excluding hydrogens is 268 g/mol. The van der Waals surface area contributed by atoms with E-state index in [1.54, 1.807) is 0 Å². The van der Waals surface area contributed by atoms with Gasteiger partial charge in [-0.15, -0.1) is 0 Å². The first-order chi connectivity index (χ1) is 9.51. The lowest BCUT2D eigenvalue weighted by atomic mass is 9.57. The fraction of sp³-hybridized carbons (Fsp3) is 1.00. The summed E-state index contributed by atoms with van der Waals surface area (Å²) in [5.74, 6) is 0. The van der Waals surface area contributed by atoms with Crippen molar-refractivity contribution in [3.05, 3.63) is 0 Å². The van der Waals surface area contributed by atoms with E-state index in [4.69, 9.17) is 22.5 Å². The lowest BCUT2D eigenvalue weighted by Gasteiger charge is -2.55. The highest BCUT2D eigenvalue weighted by molar-refractivity contribution is 7.82. The zero-order chi connectivity index (χ0) is 15.1. The fourth-order valence-corrected chi connectivity index (χ4v) is 3.73. The quantitative estimate of drug-likeness (QED) is 0.431. The first kappa shape index (κ1) is 18.3. The zero-order valence-electron chi connectivity index (χ0n) is 13.7. The highest BCUT2D eigenvalue weighted by Gasteiger charge is 2.51. The molecule has 0 aromatic rings. The van der Waals surface area contributed by atoms with Crippen LogP contribution in [0.1, 0.15) is 78.6 Å². The third-order valence-corrected chi connectivity index (χ3v) is 6.42. The highest BCUT2D eigenvalue weighted by atomic mass is 32.1. The van der Waals surface area contributed by atoms with E-state index in [0.29, 0.717) is 5.41 Å². The number of unbranched alkanes of at least 4 members (excludes halogenated alkanes) is 2. The van der Waals surface area contributed by atoms with Gasteiger partial charge in [0.15, 0.2) is 0 Å². The Labute approximate surface area is 131 Å². The number of rotatable bonds is 11. The van der Waals surface area contributed by atoms with E-state index in [9.17, 15) is 0 Å². The second-order valence-corrected chi connectivity index (χ2v) is 7.58. The predicted octanol–water partition coefficient (Wildman–Crippen LogP) is 4.60. The van der Waals surface area contributed by atoms with Gasteiger partial charge >= 0.3 is 0 Å². The van der Waals surface area contributed by atoms with Crippen LogP contribution in [0.5, 0.6) is 0 Å². The summed E-state index contributed by atoms with van der Waals surface area (Å²) in [7, 11) is 0. The molecule has 1 N–H and O–H groups in total. The minimum atomic E-state index is 0.0503. The predicted molar refractivity (Wildman–Crippen MR) is 89.6 cm³/mol. The fourth-order valence-electron chi connectivity index (χ4n) is 3.39. The molecule has 0 radical (unpaired) electrons. The van der Waals surface area contributed by atoms with Crippen molar-refractivity contribution in [2.75, 3.05) is 13.2 Å². The largest absolute Gasteiger partial charge is 0.394 e. The summed E-state index contributed by atoms with van der Waals surface area (Å²) in [5.41, 5.74) is 0.446. The Bertz CT molecular complexity index is 268.